The van der Waals surface area contributed by atoms with Gasteiger partial charge in [0.15, 0.2) is 0 Å². The van der Waals surface area contributed by atoms with Crippen LogP contribution in [0.15, 0.2) is 24.3 Å². The molecule has 1 atom stereocenters. The maximum Gasteiger partial charge on any atom is 0.326 e. The van der Waals surface area contributed by atoms with Crippen LogP contribution in [-0.4, -0.2) is 29.6 Å². The summed E-state index contributed by atoms with van der Waals surface area (Å²) in [6, 6.07) is 6.85. The number of carbonyl (C=O) groups is 2. The lowest BCUT2D eigenvalue weighted by molar-refractivity contribution is -0.143. The number of benzene rings is 1. The minimum absolute atomic E-state index is 0.143. The second-order valence-electron chi connectivity index (χ2n) is 5.39. The van der Waals surface area contributed by atoms with Gasteiger partial charge in [0.2, 0.25) is 5.91 Å². The number of hydrogen-bond acceptors (Lipinski definition) is 3. The molecule has 1 rings (SSSR count). The van der Waals surface area contributed by atoms with E-state index in [4.69, 9.17) is 9.84 Å². The van der Waals surface area contributed by atoms with E-state index in [1.807, 2.05) is 31.2 Å². The lowest BCUT2D eigenvalue weighted by atomic mass is 10.0. The summed E-state index contributed by atoms with van der Waals surface area (Å²) in [7, 11) is 0. The molecule has 1 amide bonds. The SMILES string of the molecule is Cc1ccc(OCCCC(=O)N[C@@H](C(=O)O)C(C)C)cc1. The van der Waals surface area contributed by atoms with Gasteiger partial charge in [-0.2, -0.15) is 0 Å². The number of carboxylic acids is 1. The van der Waals surface area contributed by atoms with Crippen LogP contribution < -0.4 is 10.1 Å². The number of aliphatic carboxylic acids is 1. The van der Waals surface area contributed by atoms with E-state index in [1.165, 1.54) is 0 Å². The van der Waals surface area contributed by atoms with Crippen molar-refractivity contribution in [3.05, 3.63) is 29.8 Å². The molecule has 0 bridgehead atoms. The van der Waals surface area contributed by atoms with Crippen molar-refractivity contribution in [1.82, 2.24) is 5.32 Å². The first kappa shape index (κ1) is 17.0. The number of nitrogens with one attached hydrogen (secondary N) is 1. The summed E-state index contributed by atoms with van der Waals surface area (Å²) in [5, 5.41) is 11.5. The lowest BCUT2D eigenvalue weighted by Crippen LogP contribution is -2.44. The standard InChI is InChI=1S/C16H23NO4/c1-11(2)15(16(19)20)17-14(18)5-4-10-21-13-8-6-12(3)7-9-13/h6-9,11,15H,4-5,10H2,1-3H3,(H,17,18)(H,19,20)/t15-/m1/s1. The van der Waals surface area contributed by atoms with Crippen LogP contribution in [-0.2, 0) is 9.59 Å². The van der Waals surface area contributed by atoms with E-state index in [0.717, 1.165) is 11.3 Å². The Morgan fingerprint density at radius 3 is 2.38 bits per heavy atom. The van der Waals surface area contributed by atoms with E-state index in [-0.39, 0.29) is 18.2 Å². The van der Waals surface area contributed by atoms with Gasteiger partial charge in [-0.05, 0) is 31.4 Å². The zero-order chi connectivity index (χ0) is 15.8. The molecule has 5 nitrogen and oxygen atoms in total. The maximum atomic E-state index is 11.7. The van der Waals surface area contributed by atoms with Gasteiger partial charge in [0.1, 0.15) is 11.8 Å². The van der Waals surface area contributed by atoms with E-state index in [2.05, 4.69) is 5.32 Å². The van der Waals surface area contributed by atoms with E-state index in [9.17, 15) is 9.59 Å². The number of rotatable bonds is 8. The van der Waals surface area contributed by atoms with E-state index >= 15 is 0 Å². The van der Waals surface area contributed by atoms with Crippen LogP contribution in [0.2, 0.25) is 0 Å². The molecule has 0 saturated heterocycles. The topological polar surface area (TPSA) is 75.6 Å². The quantitative estimate of drug-likeness (QED) is 0.722. The Balaban J connectivity index is 2.27. The second kappa shape index (κ2) is 8.29. The smallest absolute Gasteiger partial charge is 0.326 e. The van der Waals surface area contributed by atoms with E-state index in [0.29, 0.717) is 13.0 Å². The van der Waals surface area contributed by atoms with Gasteiger partial charge in [-0.3, -0.25) is 4.79 Å². The van der Waals surface area contributed by atoms with Crippen molar-refractivity contribution in [3.63, 3.8) is 0 Å². The van der Waals surface area contributed by atoms with Crippen LogP contribution >= 0.6 is 0 Å². The van der Waals surface area contributed by atoms with Crippen molar-refractivity contribution in [2.24, 2.45) is 5.92 Å². The molecular weight excluding hydrogens is 270 g/mol. The largest absolute Gasteiger partial charge is 0.494 e. The number of carbonyl (C=O) groups excluding carboxylic acids is 1. The highest BCUT2D eigenvalue weighted by molar-refractivity contribution is 5.83. The van der Waals surface area contributed by atoms with Crippen molar-refractivity contribution in [2.75, 3.05) is 6.61 Å². The van der Waals surface area contributed by atoms with Crippen LogP contribution in [0.3, 0.4) is 0 Å². The molecular formula is C16H23NO4. The van der Waals surface area contributed by atoms with Crippen LogP contribution in [0.4, 0.5) is 0 Å². The molecule has 0 unspecified atom stereocenters. The van der Waals surface area contributed by atoms with Crippen molar-refractivity contribution in [1.29, 1.82) is 0 Å². The fourth-order valence-electron chi connectivity index (χ4n) is 1.82. The molecule has 21 heavy (non-hydrogen) atoms. The number of ether oxygens (including phenoxy) is 1. The summed E-state index contributed by atoms with van der Waals surface area (Å²) < 4.78 is 5.51. The third-order valence-electron chi connectivity index (χ3n) is 3.09. The van der Waals surface area contributed by atoms with Gasteiger partial charge in [-0.1, -0.05) is 31.5 Å². The molecule has 0 spiro atoms. The Labute approximate surface area is 125 Å². The predicted octanol–water partition coefficient (Wildman–Crippen LogP) is 2.38. The number of amides is 1. The molecule has 5 heteroatoms. The van der Waals surface area contributed by atoms with Crippen molar-refractivity contribution in [2.45, 2.75) is 39.7 Å². The molecule has 0 radical (unpaired) electrons. The molecule has 0 saturated carbocycles. The van der Waals surface area contributed by atoms with Gasteiger partial charge in [0.05, 0.1) is 6.61 Å². The molecule has 0 aliphatic rings. The van der Waals surface area contributed by atoms with Crippen LogP contribution in [0, 0.1) is 12.8 Å². The van der Waals surface area contributed by atoms with Gasteiger partial charge in [0, 0.05) is 6.42 Å². The Morgan fingerprint density at radius 1 is 1.24 bits per heavy atom. The van der Waals surface area contributed by atoms with E-state index in [1.54, 1.807) is 13.8 Å². The van der Waals surface area contributed by atoms with Crippen molar-refractivity contribution in [3.8, 4) is 5.75 Å². The Bertz CT molecular complexity index is 468. The minimum Gasteiger partial charge on any atom is -0.494 e. The third-order valence-corrected chi connectivity index (χ3v) is 3.09. The molecule has 1 aromatic carbocycles. The lowest BCUT2D eigenvalue weighted by Gasteiger charge is -2.17. The summed E-state index contributed by atoms with van der Waals surface area (Å²) >= 11 is 0. The van der Waals surface area contributed by atoms with Crippen LogP contribution in [0.1, 0.15) is 32.3 Å². The monoisotopic (exact) mass is 293 g/mol. The zero-order valence-electron chi connectivity index (χ0n) is 12.8. The number of aryl methyl sites for hydroxylation is 1. The predicted molar refractivity (Wildman–Crippen MR) is 80.3 cm³/mol. The Hall–Kier alpha value is -2.04. The molecule has 116 valence electrons. The average Bonchev–Trinajstić information content (AvgIpc) is 2.42. The summed E-state index contributed by atoms with van der Waals surface area (Å²) in [4.78, 5) is 22.7. The molecule has 0 aliphatic heterocycles. The normalized spacial score (nSPS) is 12.0. The summed E-state index contributed by atoms with van der Waals surface area (Å²) in [6.45, 7) is 5.96. The van der Waals surface area contributed by atoms with Gasteiger partial charge in [-0.15, -0.1) is 0 Å². The zero-order valence-corrected chi connectivity index (χ0v) is 12.8. The average molecular weight is 293 g/mol. The van der Waals surface area contributed by atoms with Crippen molar-refractivity contribution >= 4 is 11.9 Å². The first-order valence-electron chi connectivity index (χ1n) is 7.11. The maximum absolute atomic E-state index is 11.7. The van der Waals surface area contributed by atoms with Gasteiger partial charge >= 0.3 is 5.97 Å². The highest BCUT2D eigenvalue weighted by Gasteiger charge is 2.22. The molecule has 0 aliphatic carbocycles. The van der Waals surface area contributed by atoms with Crippen molar-refractivity contribution < 1.29 is 19.4 Å². The third kappa shape index (κ3) is 6.29. The van der Waals surface area contributed by atoms with Gasteiger partial charge in [-0.25, -0.2) is 4.79 Å². The fourth-order valence-corrected chi connectivity index (χ4v) is 1.82. The molecule has 1 aromatic rings. The number of hydrogen-bond donors (Lipinski definition) is 2. The number of carboxylic acid groups (broad SMARTS) is 1. The summed E-state index contributed by atoms with van der Waals surface area (Å²) in [5.41, 5.74) is 1.16. The first-order valence-corrected chi connectivity index (χ1v) is 7.11. The first-order chi connectivity index (χ1) is 9.90. The summed E-state index contributed by atoms with van der Waals surface area (Å²) in [5.74, 6) is -0.639. The Kier molecular flexibility index (Phi) is 6.72. The molecule has 2 N–H and O–H groups in total. The van der Waals surface area contributed by atoms with Crippen LogP contribution in [0.25, 0.3) is 0 Å². The highest BCUT2D eigenvalue weighted by atomic mass is 16.5. The van der Waals surface area contributed by atoms with E-state index < -0.39 is 12.0 Å². The van der Waals surface area contributed by atoms with Gasteiger partial charge < -0.3 is 15.2 Å². The summed E-state index contributed by atoms with van der Waals surface area (Å²) in [6.07, 6.45) is 0.798. The molecule has 0 fully saturated rings. The highest BCUT2D eigenvalue weighted by Crippen LogP contribution is 2.11. The minimum atomic E-state index is -1.01. The fraction of sp³-hybridized carbons (Fsp3) is 0.500. The second-order valence-corrected chi connectivity index (χ2v) is 5.39. The van der Waals surface area contributed by atoms with Crippen LogP contribution in [0.5, 0.6) is 5.75 Å². The molecule has 0 heterocycles. The van der Waals surface area contributed by atoms with Gasteiger partial charge in [0.25, 0.3) is 0 Å². The Morgan fingerprint density at radius 2 is 1.86 bits per heavy atom. The molecule has 0 aromatic heterocycles.